The number of halogens is 3. The molecule has 1 amide bonds. The Morgan fingerprint density at radius 3 is 2.60 bits per heavy atom. The summed E-state index contributed by atoms with van der Waals surface area (Å²) in [6.07, 6.45) is 0.244. The highest BCUT2D eigenvalue weighted by Gasteiger charge is 2.43. The third-order valence-corrected chi connectivity index (χ3v) is 7.39. The lowest BCUT2D eigenvalue weighted by Crippen LogP contribution is -2.34. The zero-order valence-corrected chi connectivity index (χ0v) is 23.7. The Kier molecular flexibility index (Phi) is 8.71. The van der Waals surface area contributed by atoms with Crippen LogP contribution in [0.15, 0.2) is 53.6 Å². The highest BCUT2D eigenvalue weighted by molar-refractivity contribution is 5.99. The van der Waals surface area contributed by atoms with Crippen LogP contribution in [-0.2, 0) is 4.79 Å². The van der Waals surface area contributed by atoms with Crippen molar-refractivity contribution in [1.29, 1.82) is 0 Å². The Labute approximate surface area is 245 Å². The summed E-state index contributed by atoms with van der Waals surface area (Å²) in [7, 11) is 1.83. The maximum absolute atomic E-state index is 14.0. The number of nitrogens with one attached hydrogen (secondary N) is 2. The molecule has 2 heterocycles. The molecule has 1 unspecified atom stereocenters. The molecule has 3 aromatic rings. The molecule has 2 aromatic carbocycles. The van der Waals surface area contributed by atoms with E-state index < -0.39 is 29.4 Å². The van der Waals surface area contributed by atoms with E-state index in [0.29, 0.717) is 37.4 Å². The smallest absolute Gasteiger partial charge is 0.491 e. The fraction of sp³-hybridized carbons (Fsp3) is 0.400. The van der Waals surface area contributed by atoms with E-state index in [1.54, 1.807) is 6.92 Å². The molecule has 1 aromatic heterocycles. The van der Waals surface area contributed by atoms with Gasteiger partial charge in [-0.25, -0.2) is 9.78 Å². The van der Waals surface area contributed by atoms with Crippen molar-refractivity contribution in [1.82, 2.24) is 20.2 Å². The number of esters is 1. The van der Waals surface area contributed by atoms with Crippen LogP contribution in [0.2, 0.25) is 0 Å². The highest BCUT2D eigenvalue weighted by Crippen LogP contribution is 2.39. The number of alkyl halides is 3. The minimum atomic E-state index is -5.33. The summed E-state index contributed by atoms with van der Waals surface area (Å²) in [5.41, 5.74) is 0.106. The quantitative estimate of drug-likeness (QED) is 0.205. The maximum Gasteiger partial charge on any atom is 0.491 e. The van der Waals surface area contributed by atoms with E-state index in [9.17, 15) is 27.6 Å². The number of para-hydroxylation sites is 1. The molecule has 2 N–H and O–H groups in total. The first-order valence-electron chi connectivity index (χ1n) is 14.0. The van der Waals surface area contributed by atoms with Crippen LogP contribution in [0.1, 0.15) is 53.2 Å². The number of anilines is 1. The minimum absolute atomic E-state index is 0.0651. The number of hydrogen-bond acceptors (Lipinski definition) is 8. The van der Waals surface area contributed by atoms with Gasteiger partial charge < -0.3 is 25.0 Å². The van der Waals surface area contributed by atoms with Gasteiger partial charge in [0.05, 0.1) is 17.3 Å². The van der Waals surface area contributed by atoms with Crippen molar-refractivity contribution >= 4 is 17.7 Å². The SMILES string of the molecule is CNCCOc1ccccc1C1CCCN1c1nccn(-c2c(C)ccc(C(=O)NC3CC3)c2OC(=O)C(F)(F)F)c1=O. The number of carbonyl (C=O) groups is 2. The van der Waals surface area contributed by atoms with Gasteiger partial charge in [0.1, 0.15) is 12.4 Å². The Bertz CT molecular complexity index is 1570. The molecule has 1 saturated carbocycles. The molecule has 10 nitrogen and oxygen atoms in total. The van der Waals surface area contributed by atoms with E-state index in [1.807, 2.05) is 36.2 Å². The average Bonchev–Trinajstić information content (AvgIpc) is 3.65. The summed E-state index contributed by atoms with van der Waals surface area (Å²) in [5.74, 6) is -3.11. The van der Waals surface area contributed by atoms with Crippen LogP contribution in [0.5, 0.6) is 11.5 Å². The molecular formula is C30H32F3N5O5. The first-order valence-corrected chi connectivity index (χ1v) is 14.0. The van der Waals surface area contributed by atoms with Gasteiger partial charge in [0.2, 0.25) is 0 Å². The molecule has 13 heteroatoms. The Morgan fingerprint density at radius 2 is 1.88 bits per heavy atom. The number of rotatable bonds is 10. The number of aryl methyl sites for hydroxylation is 1. The molecular weight excluding hydrogens is 567 g/mol. The van der Waals surface area contributed by atoms with E-state index in [-0.39, 0.29) is 29.2 Å². The van der Waals surface area contributed by atoms with Gasteiger partial charge >= 0.3 is 12.1 Å². The number of nitrogens with zero attached hydrogens (tertiary/aromatic N) is 3. The van der Waals surface area contributed by atoms with E-state index in [1.165, 1.54) is 24.5 Å². The minimum Gasteiger partial charge on any atom is -0.492 e. The number of likely N-dealkylation sites (N-methyl/N-ethyl adjacent to an activating group) is 1. The van der Waals surface area contributed by atoms with Gasteiger partial charge in [-0.15, -0.1) is 0 Å². The van der Waals surface area contributed by atoms with Gasteiger partial charge in [0.15, 0.2) is 11.6 Å². The van der Waals surface area contributed by atoms with Crippen LogP contribution in [0.25, 0.3) is 5.69 Å². The van der Waals surface area contributed by atoms with E-state index in [0.717, 1.165) is 29.4 Å². The molecule has 1 aliphatic carbocycles. The van der Waals surface area contributed by atoms with Crippen molar-refractivity contribution < 1.29 is 32.2 Å². The Balaban J connectivity index is 1.58. The van der Waals surface area contributed by atoms with Gasteiger partial charge in [-0.05, 0) is 57.4 Å². The topological polar surface area (TPSA) is 115 Å². The van der Waals surface area contributed by atoms with Gasteiger partial charge in [-0.3, -0.25) is 14.2 Å². The largest absolute Gasteiger partial charge is 0.492 e. The number of hydrogen-bond donors (Lipinski definition) is 2. The van der Waals surface area contributed by atoms with E-state index in [4.69, 9.17) is 9.47 Å². The van der Waals surface area contributed by atoms with Crippen LogP contribution in [-0.4, -0.2) is 60.4 Å². The van der Waals surface area contributed by atoms with Crippen LogP contribution >= 0.6 is 0 Å². The summed E-state index contributed by atoms with van der Waals surface area (Å²) >= 11 is 0. The molecule has 1 atom stereocenters. The van der Waals surface area contributed by atoms with Crippen LogP contribution < -0.4 is 30.6 Å². The number of aromatic nitrogens is 2. The van der Waals surface area contributed by atoms with Crippen molar-refractivity contribution in [2.45, 2.75) is 50.9 Å². The average molecular weight is 600 g/mol. The standard InChI is InChI=1S/C30H32F3N5O5/c1-18-9-12-21(27(39)36-19-10-11-19)25(43-29(41)30(31,32)33)24(18)38-16-13-35-26(28(38)40)37-15-5-7-22(37)20-6-3-4-8-23(20)42-17-14-34-2/h3-4,6,8-9,12-13,16,19,22,34H,5,7,10-11,14-15,17H2,1-2H3,(H,36,39). The van der Waals surface area contributed by atoms with Crippen LogP contribution in [0, 0.1) is 6.92 Å². The summed E-state index contributed by atoms with van der Waals surface area (Å²) in [4.78, 5) is 45.3. The predicted molar refractivity (Wildman–Crippen MR) is 152 cm³/mol. The molecule has 0 spiro atoms. The second-order valence-electron chi connectivity index (χ2n) is 10.5. The summed E-state index contributed by atoms with van der Waals surface area (Å²) in [6.45, 7) is 3.14. The molecule has 2 fully saturated rings. The summed E-state index contributed by atoms with van der Waals surface area (Å²) < 4.78 is 51.9. The lowest BCUT2D eigenvalue weighted by Gasteiger charge is -2.27. The molecule has 1 saturated heterocycles. The van der Waals surface area contributed by atoms with Crippen molar-refractivity contribution in [3.8, 4) is 17.2 Å². The second-order valence-corrected chi connectivity index (χ2v) is 10.5. The lowest BCUT2D eigenvalue weighted by atomic mass is 10.0. The monoisotopic (exact) mass is 599 g/mol. The number of amides is 1. The molecule has 1 aliphatic heterocycles. The van der Waals surface area contributed by atoms with Crippen LogP contribution in [0.3, 0.4) is 0 Å². The Morgan fingerprint density at radius 1 is 1.12 bits per heavy atom. The van der Waals surface area contributed by atoms with Crippen molar-refractivity contribution in [2.75, 3.05) is 31.6 Å². The normalized spacial score (nSPS) is 16.7. The molecule has 43 heavy (non-hydrogen) atoms. The fourth-order valence-corrected chi connectivity index (χ4v) is 5.16. The molecule has 228 valence electrons. The maximum atomic E-state index is 14.0. The van der Waals surface area contributed by atoms with Crippen molar-refractivity contribution in [2.24, 2.45) is 0 Å². The highest BCUT2D eigenvalue weighted by atomic mass is 19.4. The van der Waals surface area contributed by atoms with Gasteiger partial charge in [0, 0.05) is 37.1 Å². The van der Waals surface area contributed by atoms with Gasteiger partial charge in [-0.2, -0.15) is 13.2 Å². The van der Waals surface area contributed by atoms with E-state index >= 15 is 0 Å². The third-order valence-electron chi connectivity index (χ3n) is 7.39. The third kappa shape index (κ3) is 6.51. The molecule has 2 aliphatic rings. The zero-order chi connectivity index (χ0) is 30.7. The van der Waals surface area contributed by atoms with Crippen LogP contribution in [0.4, 0.5) is 19.0 Å². The van der Waals surface area contributed by atoms with Crippen molar-refractivity contribution in [3.05, 3.63) is 75.8 Å². The van der Waals surface area contributed by atoms with Gasteiger partial charge in [0.25, 0.3) is 11.5 Å². The molecule has 5 rings (SSSR count). The predicted octanol–water partition coefficient (Wildman–Crippen LogP) is 3.84. The first kappa shape index (κ1) is 30.1. The molecule has 0 bridgehead atoms. The molecule has 0 radical (unpaired) electrons. The number of ether oxygens (including phenoxy) is 2. The van der Waals surface area contributed by atoms with Gasteiger partial charge in [-0.1, -0.05) is 24.3 Å². The number of benzene rings is 2. The Hall–Kier alpha value is -4.39. The number of carbonyl (C=O) groups excluding carboxylic acids is 2. The summed E-state index contributed by atoms with van der Waals surface area (Å²) in [6, 6.07) is 9.95. The zero-order valence-electron chi connectivity index (χ0n) is 23.7. The lowest BCUT2D eigenvalue weighted by molar-refractivity contribution is -0.189. The second kappa shape index (κ2) is 12.5. The first-order chi connectivity index (χ1) is 20.6. The van der Waals surface area contributed by atoms with Crippen molar-refractivity contribution in [3.63, 3.8) is 0 Å². The summed E-state index contributed by atoms with van der Waals surface area (Å²) in [5, 5.41) is 5.74. The van der Waals surface area contributed by atoms with E-state index in [2.05, 4.69) is 15.6 Å². The fourth-order valence-electron chi connectivity index (χ4n) is 5.16.